The van der Waals surface area contributed by atoms with Gasteiger partial charge in [-0.2, -0.15) is 0 Å². The van der Waals surface area contributed by atoms with Gasteiger partial charge in [0, 0.05) is 50.2 Å². The number of fused-ring (bicyclic) bond motifs is 1. The Bertz CT molecular complexity index is 1220. The van der Waals surface area contributed by atoms with Gasteiger partial charge < -0.3 is 31.7 Å². The highest BCUT2D eigenvalue weighted by atomic mass is 16.5. The first-order chi connectivity index (χ1) is 25.3. The van der Waals surface area contributed by atoms with Gasteiger partial charge in [0.2, 0.25) is 5.78 Å². The first-order valence-electron chi connectivity index (χ1n) is 19.9. The Morgan fingerprint density at radius 2 is 1.69 bits per heavy atom. The van der Waals surface area contributed by atoms with Crippen LogP contribution in [0.15, 0.2) is 62.0 Å². The molecule has 3 rings (SSSR count). The molecule has 3 aliphatic rings. The maximum absolute atomic E-state index is 12.2. The van der Waals surface area contributed by atoms with Crippen LogP contribution in [-0.4, -0.2) is 69.1 Å². The van der Waals surface area contributed by atoms with Crippen LogP contribution in [0.3, 0.4) is 0 Å². The quantitative estimate of drug-likeness (QED) is 0.0800. The van der Waals surface area contributed by atoms with Gasteiger partial charge in [-0.1, -0.05) is 99.8 Å². The maximum Gasteiger partial charge on any atom is 0.284 e. The number of carbonyl (C=O) groups excluding carboxylic acids is 2. The lowest BCUT2D eigenvalue weighted by molar-refractivity contribution is -0.136. The summed E-state index contributed by atoms with van der Waals surface area (Å²) in [5.74, 6) is 3.93. The minimum absolute atomic E-state index is 0.0951. The molecule has 1 amide bonds. The number of likely N-dealkylation sites (N-methyl/N-ethyl adjacent to an activating group) is 1. The van der Waals surface area contributed by atoms with Crippen molar-refractivity contribution < 1.29 is 14.3 Å². The molecule has 0 bridgehead atoms. The van der Waals surface area contributed by atoms with Gasteiger partial charge in [-0.25, -0.2) is 0 Å². The topological polar surface area (TPSA) is 123 Å². The SMILES string of the molecule is C#CC.C=C.C=C(NC(CC(=O)C(N)=O)CC(C)C)C1[C@@H]2[C@H](CN1C(=C)C(NC)C1CC/C=C\C/C=C\C(C)C1)C2(C)C.CN.COCC(C)C(C)(C)C. The molecule has 310 valence electrons. The largest absolute Gasteiger partial charge is 0.384 e. The number of ketones is 1. The Kier molecular flexibility index (Phi) is 26.1. The fourth-order valence-corrected chi connectivity index (χ4v) is 7.66. The van der Waals surface area contributed by atoms with Gasteiger partial charge in [-0.3, -0.25) is 9.59 Å². The highest BCUT2D eigenvalue weighted by Gasteiger charge is 2.67. The fourth-order valence-electron chi connectivity index (χ4n) is 7.66. The van der Waals surface area contributed by atoms with Gasteiger partial charge in [0.05, 0.1) is 6.04 Å². The van der Waals surface area contributed by atoms with Crippen LogP contribution in [0.1, 0.15) is 108 Å². The van der Waals surface area contributed by atoms with E-state index in [1.54, 1.807) is 14.0 Å². The number of primary amides is 1. The van der Waals surface area contributed by atoms with E-state index in [0.717, 1.165) is 56.6 Å². The number of likely N-dealkylation sites (tertiary alicyclic amines) is 1. The number of terminal acetylenes is 1. The summed E-state index contributed by atoms with van der Waals surface area (Å²) in [6.07, 6.45) is 19.0. The molecule has 2 aliphatic carbocycles. The second kappa shape index (κ2) is 26.6. The number of Topliss-reactive ketones (excluding diaryl/α,β-unsaturated/α-hetero) is 1. The van der Waals surface area contributed by atoms with E-state index < -0.39 is 11.7 Å². The number of nitrogens with zero attached hydrogens (tertiary/aromatic N) is 1. The molecule has 6 unspecified atom stereocenters. The number of nitrogens with one attached hydrogen (secondary N) is 2. The zero-order chi connectivity index (χ0) is 42.4. The Morgan fingerprint density at radius 1 is 1.11 bits per heavy atom. The van der Waals surface area contributed by atoms with Crippen LogP contribution in [-0.2, 0) is 14.3 Å². The number of hydrogen-bond acceptors (Lipinski definition) is 7. The summed E-state index contributed by atoms with van der Waals surface area (Å²) in [7, 11) is 5.31. The number of carbonyl (C=O) groups is 2. The molecule has 8 heteroatoms. The fraction of sp³-hybridized carbons (Fsp3) is 0.696. The smallest absolute Gasteiger partial charge is 0.284 e. The molecule has 0 aromatic rings. The molecule has 1 saturated carbocycles. The molecular formula is C46H83N5O3. The lowest BCUT2D eigenvalue weighted by atomic mass is 9.83. The van der Waals surface area contributed by atoms with E-state index in [2.05, 4.69) is 154 Å². The first kappa shape index (κ1) is 53.0. The van der Waals surface area contributed by atoms with Gasteiger partial charge >= 0.3 is 0 Å². The van der Waals surface area contributed by atoms with Crippen LogP contribution in [0, 0.1) is 58.7 Å². The molecule has 54 heavy (non-hydrogen) atoms. The maximum atomic E-state index is 12.2. The molecular weight excluding hydrogens is 671 g/mol. The van der Waals surface area contributed by atoms with Crippen LogP contribution < -0.4 is 22.1 Å². The normalized spacial score (nSPS) is 25.1. The van der Waals surface area contributed by atoms with Gasteiger partial charge in [0.1, 0.15) is 0 Å². The monoisotopic (exact) mass is 754 g/mol. The van der Waals surface area contributed by atoms with E-state index in [-0.39, 0.29) is 30.0 Å². The van der Waals surface area contributed by atoms with Crippen molar-refractivity contribution >= 4 is 11.7 Å². The van der Waals surface area contributed by atoms with Crippen LogP contribution in [0.2, 0.25) is 0 Å². The molecule has 1 aliphatic heterocycles. The van der Waals surface area contributed by atoms with Gasteiger partial charge in [0.15, 0.2) is 0 Å². The van der Waals surface area contributed by atoms with Crippen LogP contribution in [0.4, 0.5) is 0 Å². The summed E-state index contributed by atoms with van der Waals surface area (Å²) in [4.78, 5) is 26.2. The number of allylic oxidation sites excluding steroid dienone is 4. The van der Waals surface area contributed by atoms with Crippen molar-refractivity contribution in [3.05, 3.63) is 62.0 Å². The van der Waals surface area contributed by atoms with Crippen molar-refractivity contribution in [3.8, 4) is 12.3 Å². The van der Waals surface area contributed by atoms with Crippen molar-refractivity contribution in [2.45, 2.75) is 126 Å². The summed E-state index contributed by atoms with van der Waals surface area (Å²) in [5.41, 5.74) is 12.5. The van der Waals surface area contributed by atoms with E-state index in [1.807, 2.05) is 0 Å². The molecule has 8 nitrogen and oxygen atoms in total. The van der Waals surface area contributed by atoms with Gasteiger partial charge in [0.25, 0.3) is 5.91 Å². The number of hydrogen-bond donors (Lipinski definition) is 4. The minimum atomic E-state index is -0.869. The van der Waals surface area contributed by atoms with E-state index in [4.69, 9.17) is 10.5 Å². The summed E-state index contributed by atoms with van der Waals surface area (Å²) in [6.45, 7) is 38.8. The first-order valence-corrected chi connectivity index (χ1v) is 19.9. The molecule has 2 fully saturated rings. The van der Waals surface area contributed by atoms with Crippen molar-refractivity contribution in [2.75, 3.05) is 34.4 Å². The lowest BCUT2D eigenvalue weighted by Crippen LogP contribution is -2.49. The standard InChI is InChI=1S/C32H52N4O2.C8H18O.C3H4.C2H4.CH5N/c1-20(2)16-25(18-27(37)31(33)38)35-22(4)30-28-26(32(28,6)7)19-36(30)23(5)29(34-8)24-15-13-11-9-10-12-14-21(3)17-24;1-7(6-9-5)8(2,3)4;1-3-2;2*1-2/h9,11-12,14,20-21,24-26,28-30,34-35H,4-5,10,13,15-19H2,1-3,6-8H3,(H2,33,38);7H,6H2,1-5H3;1H,2H3;1-2H2;2H2,1H3/b11-9-,14-12-;;;;/t21?,24?,25?,26-,28-,29?,30?;;;;/m0..../s1. The van der Waals surface area contributed by atoms with E-state index >= 15 is 0 Å². The summed E-state index contributed by atoms with van der Waals surface area (Å²) in [5, 5.41) is 7.22. The Morgan fingerprint density at radius 3 is 2.15 bits per heavy atom. The second-order valence-electron chi connectivity index (χ2n) is 17.0. The zero-order valence-corrected chi connectivity index (χ0v) is 36.9. The average Bonchev–Trinajstić information content (AvgIpc) is 3.39. The molecule has 6 N–H and O–H groups in total. The van der Waals surface area contributed by atoms with Crippen molar-refractivity contribution in [1.29, 1.82) is 0 Å². The Labute approximate surface area is 333 Å². The molecule has 0 aromatic heterocycles. The average molecular weight is 754 g/mol. The highest BCUT2D eigenvalue weighted by Crippen LogP contribution is 2.66. The van der Waals surface area contributed by atoms with Gasteiger partial charge in [-0.15, -0.1) is 25.5 Å². The molecule has 0 radical (unpaired) electrons. The van der Waals surface area contributed by atoms with Crippen molar-refractivity contribution in [1.82, 2.24) is 15.5 Å². The van der Waals surface area contributed by atoms with Crippen molar-refractivity contribution in [2.24, 2.45) is 57.8 Å². The second-order valence-corrected chi connectivity index (χ2v) is 17.0. The summed E-state index contributed by atoms with van der Waals surface area (Å²) < 4.78 is 5.03. The van der Waals surface area contributed by atoms with E-state index in [0.29, 0.717) is 40.9 Å². The molecule has 0 aromatic carbocycles. The summed E-state index contributed by atoms with van der Waals surface area (Å²) in [6, 6.07) is 0.113. The highest BCUT2D eigenvalue weighted by molar-refractivity contribution is 6.35. The molecule has 1 saturated heterocycles. The van der Waals surface area contributed by atoms with Crippen LogP contribution in [0.5, 0.6) is 0 Å². The number of amides is 1. The van der Waals surface area contributed by atoms with E-state index in [9.17, 15) is 9.59 Å². The third kappa shape index (κ3) is 17.6. The zero-order valence-electron chi connectivity index (χ0n) is 36.9. The number of ether oxygens (including phenoxy) is 1. The molecule has 0 spiro atoms. The predicted octanol–water partition coefficient (Wildman–Crippen LogP) is 8.28. The summed E-state index contributed by atoms with van der Waals surface area (Å²) >= 11 is 0. The van der Waals surface area contributed by atoms with Gasteiger partial charge in [-0.05, 0) is 99.5 Å². The predicted molar refractivity (Wildman–Crippen MR) is 233 cm³/mol. The Balaban J connectivity index is 0. The lowest BCUT2D eigenvalue weighted by Gasteiger charge is -2.41. The number of piperidine rings is 1. The number of nitrogens with two attached hydrogens (primary N) is 2. The van der Waals surface area contributed by atoms with E-state index in [1.165, 1.54) is 7.05 Å². The van der Waals surface area contributed by atoms with Crippen LogP contribution in [0.25, 0.3) is 0 Å². The third-order valence-corrected chi connectivity index (χ3v) is 11.1. The molecule has 1 heterocycles. The Hall–Kier alpha value is -3.12. The number of rotatable bonds is 14. The van der Waals surface area contributed by atoms with Crippen LogP contribution >= 0.6 is 0 Å². The molecule has 8 atom stereocenters. The van der Waals surface area contributed by atoms with Crippen molar-refractivity contribution in [3.63, 3.8) is 0 Å². The third-order valence-electron chi connectivity index (χ3n) is 11.1. The number of methoxy groups -OCH3 is 1. The minimum Gasteiger partial charge on any atom is -0.384 e.